The van der Waals surface area contributed by atoms with Crippen molar-refractivity contribution in [1.82, 2.24) is 9.88 Å². The van der Waals surface area contributed by atoms with Crippen molar-refractivity contribution in [2.75, 3.05) is 11.1 Å². The van der Waals surface area contributed by atoms with Gasteiger partial charge in [-0.25, -0.2) is 4.98 Å². The topological polar surface area (TPSA) is 62.3 Å². The SMILES string of the molecule is CC12CCC(=O)N1C(C(=O)Nc1ccc(Br)cn1)CS2. The fraction of sp³-hybridized carbons (Fsp3) is 0.462. The van der Waals surface area contributed by atoms with Gasteiger partial charge in [0.25, 0.3) is 0 Å². The summed E-state index contributed by atoms with van der Waals surface area (Å²) in [4.78, 5) is 30.0. The van der Waals surface area contributed by atoms with Gasteiger partial charge in [-0.2, -0.15) is 0 Å². The second-order valence-corrected chi connectivity index (χ2v) is 7.53. The van der Waals surface area contributed by atoms with Gasteiger partial charge in [-0.15, -0.1) is 11.8 Å². The number of hydrogen-bond donors (Lipinski definition) is 1. The van der Waals surface area contributed by atoms with E-state index in [0.29, 0.717) is 18.0 Å². The molecule has 2 saturated heterocycles. The minimum Gasteiger partial charge on any atom is -0.315 e. The average Bonchev–Trinajstić information content (AvgIpc) is 2.90. The monoisotopic (exact) mass is 355 g/mol. The molecular weight excluding hydrogens is 342 g/mol. The smallest absolute Gasteiger partial charge is 0.249 e. The van der Waals surface area contributed by atoms with Crippen LogP contribution in [0.1, 0.15) is 19.8 Å². The van der Waals surface area contributed by atoms with E-state index in [1.165, 1.54) is 0 Å². The number of nitrogens with zero attached hydrogens (tertiary/aromatic N) is 2. The van der Waals surface area contributed by atoms with Crippen LogP contribution in [0, 0.1) is 0 Å². The molecular formula is C13H14BrN3O2S. The molecule has 2 fully saturated rings. The van der Waals surface area contributed by atoms with Crippen molar-refractivity contribution in [1.29, 1.82) is 0 Å². The molecule has 2 aliphatic rings. The Hall–Kier alpha value is -1.08. The van der Waals surface area contributed by atoms with Gasteiger partial charge in [-0.1, -0.05) is 0 Å². The van der Waals surface area contributed by atoms with E-state index in [-0.39, 0.29) is 16.7 Å². The van der Waals surface area contributed by atoms with Crippen molar-refractivity contribution in [2.45, 2.75) is 30.7 Å². The zero-order valence-electron chi connectivity index (χ0n) is 10.9. The highest BCUT2D eigenvalue weighted by Crippen LogP contribution is 2.47. The largest absolute Gasteiger partial charge is 0.315 e. The number of aromatic nitrogens is 1. The lowest BCUT2D eigenvalue weighted by Crippen LogP contribution is -2.48. The van der Waals surface area contributed by atoms with Gasteiger partial charge >= 0.3 is 0 Å². The molecule has 1 aromatic rings. The maximum Gasteiger partial charge on any atom is 0.249 e. The zero-order valence-corrected chi connectivity index (χ0v) is 13.3. The number of rotatable bonds is 2. The molecule has 2 atom stereocenters. The van der Waals surface area contributed by atoms with E-state index in [1.807, 2.05) is 13.0 Å². The third-order valence-corrected chi connectivity index (χ3v) is 5.70. The van der Waals surface area contributed by atoms with E-state index in [2.05, 4.69) is 26.2 Å². The third-order valence-electron chi connectivity index (χ3n) is 3.73. The van der Waals surface area contributed by atoms with E-state index < -0.39 is 6.04 Å². The molecule has 2 aliphatic heterocycles. The van der Waals surface area contributed by atoms with Crippen LogP contribution in [0.4, 0.5) is 5.82 Å². The molecule has 106 valence electrons. The van der Waals surface area contributed by atoms with Gasteiger partial charge in [0.05, 0.1) is 4.87 Å². The lowest BCUT2D eigenvalue weighted by molar-refractivity contribution is -0.135. The van der Waals surface area contributed by atoms with E-state index >= 15 is 0 Å². The van der Waals surface area contributed by atoms with Crippen LogP contribution < -0.4 is 5.32 Å². The predicted molar refractivity (Wildman–Crippen MR) is 81.3 cm³/mol. The van der Waals surface area contributed by atoms with Gasteiger partial charge in [0.1, 0.15) is 11.9 Å². The number of fused-ring (bicyclic) bond motifs is 1. The number of nitrogens with one attached hydrogen (secondary N) is 1. The highest BCUT2D eigenvalue weighted by atomic mass is 79.9. The molecule has 0 spiro atoms. The maximum atomic E-state index is 12.4. The lowest BCUT2D eigenvalue weighted by Gasteiger charge is -2.29. The Kier molecular flexibility index (Phi) is 3.50. The Morgan fingerprint density at radius 1 is 1.60 bits per heavy atom. The number of anilines is 1. The second-order valence-electron chi connectivity index (χ2n) is 5.12. The van der Waals surface area contributed by atoms with Crippen molar-refractivity contribution in [3.63, 3.8) is 0 Å². The number of carbonyl (C=O) groups excluding carboxylic acids is 2. The van der Waals surface area contributed by atoms with E-state index in [0.717, 1.165) is 10.9 Å². The molecule has 0 aromatic carbocycles. The fourth-order valence-electron chi connectivity index (χ4n) is 2.67. The molecule has 0 bridgehead atoms. The summed E-state index contributed by atoms with van der Waals surface area (Å²) in [5, 5.41) is 2.78. The Bertz CT molecular complexity index is 565. The molecule has 0 saturated carbocycles. The van der Waals surface area contributed by atoms with Crippen LogP contribution in [0.3, 0.4) is 0 Å². The minimum absolute atomic E-state index is 0.0708. The summed E-state index contributed by atoms with van der Waals surface area (Å²) in [5.74, 6) is 1.06. The van der Waals surface area contributed by atoms with Crippen molar-refractivity contribution in [3.8, 4) is 0 Å². The number of carbonyl (C=O) groups is 2. The molecule has 3 rings (SSSR count). The van der Waals surface area contributed by atoms with Crippen molar-refractivity contribution in [3.05, 3.63) is 22.8 Å². The number of halogens is 1. The summed E-state index contributed by atoms with van der Waals surface area (Å²) in [6.45, 7) is 2.04. The Balaban J connectivity index is 1.75. The summed E-state index contributed by atoms with van der Waals surface area (Å²) >= 11 is 4.98. The molecule has 1 N–H and O–H groups in total. The first-order valence-corrected chi connectivity index (χ1v) is 8.16. The van der Waals surface area contributed by atoms with E-state index in [9.17, 15) is 9.59 Å². The molecule has 0 aliphatic carbocycles. The van der Waals surface area contributed by atoms with Gasteiger partial charge in [0, 0.05) is 22.8 Å². The predicted octanol–water partition coefficient (Wildman–Crippen LogP) is 2.24. The van der Waals surface area contributed by atoms with E-state index in [4.69, 9.17) is 0 Å². The first kappa shape index (κ1) is 13.9. The van der Waals surface area contributed by atoms with Gasteiger partial charge in [0.15, 0.2) is 0 Å². The van der Waals surface area contributed by atoms with Gasteiger partial charge < -0.3 is 10.2 Å². The highest BCUT2D eigenvalue weighted by molar-refractivity contribution is 9.10. The van der Waals surface area contributed by atoms with Gasteiger partial charge in [0.2, 0.25) is 11.8 Å². The first-order chi connectivity index (χ1) is 9.49. The summed E-state index contributed by atoms with van der Waals surface area (Å²) in [6.07, 6.45) is 2.98. The van der Waals surface area contributed by atoms with E-state index in [1.54, 1.807) is 28.9 Å². The normalized spacial score (nSPS) is 28.6. The van der Waals surface area contributed by atoms with Crippen LogP contribution in [0.2, 0.25) is 0 Å². The third kappa shape index (κ3) is 2.33. The molecule has 2 amide bonds. The molecule has 7 heteroatoms. The standard InChI is InChI=1S/C13H14BrN3O2S/c1-13-5-4-11(18)17(13)9(7-20-13)12(19)16-10-3-2-8(14)6-15-10/h2-3,6,9H,4-5,7H2,1H3,(H,15,16,19). The highest BCUT2D eigenvalue weighted by Gasteiger charge is 2.52. The second kappa shape index (κ2) is 5.04. The van der Waals surface area contributed by atoms with Crippen LogP contribution >= 0.6 is 27.7 Å². The number of pyridine rings is 1. The fourth-order valence-corrected chi connectivity index (χ4v) is 4.34. The van der Waals surface area contributed by atoms with Gasteiger partial charge in [-0.3, -0.25) is 9.59 Å². The Labute approximate surface area is 129 Å². The Morgan fingerprint density at radius 3 is 3.10 bits per heavy atom. The molecule has 3 heterocycles. The molecule has 5 nitrogen and oxygen atoms in total. The summed E-state index contributed by atoms with van der Waals surface area (Å²) in [5.41, 5.74) is 0. The molecule has 1 aromatic heterocycles. The molecule has 0 radical (unpaired) electrons. The zero-order chi connectivity index (χ0) is 14.3. The number of hydrogen-bond acceptors (Lipinski definition) is 4. The Morgan fingerprint density at radius 2 is 2.40 bits per heavy atom. The minimum atomic E-state index is -0.398. The summed E-state index contributed by atoms with van der Waals surface area (Å²) in [6, 6.07) is 3.15. The van der Waals surface area contributed by atoms with Crippen molar-refractivity contribution < 1.29 is 9.59 Å². The van der Waals surface area contributed by atoms with Crippen LogP contribution in [0.15, 0.2) is 22.8 Å². The van der Waals surface area contributed by atoms with Crippen LogP contribution in [0.25, 0.3) is 0 Å². The van der Waals surface area contributed by atoms with Crippen LogP contribution in [0.5, 0.6) is 0 Å². The average molecular weight is 356 g/mol. The van der Waals surface area contributed by atoms with Crippen LogP contribution in [-0.4, -0.2) is 38.4 Å². The summed E-state index contributed by atoms with van der Waals surface area (Å²) < 4.78 is 0.856. The lowest BCUT2D eigenvalue weighted by atomic mass is 10.2. The molecule has 2 unspecified atom stereocenters. The number of amides is 2. The first-order valence-electron chi connectivity index (χ1n) is 6.38. The van der Waals surface area contributed by atoms with Crippen LogP contribution in [-0.2, 0) is 9.59 Å². The maximum absolute atomic E-state index is 12.4. The quantitative estimate of drug-likeness (QED) is 0.883. The summed E-state index contributed by atoms with van der Waals surface area (Å²) in [7, 11) is 0. The van der Waals surface area contributed by atoms with Crippen molar-refractivity contribution >= 4 is 45.3 Å². The number of thioether (sulfide) groups is 1. The van der Waals surface area contributed by atoms with Crippen molar-refractivity contribution in [2.24, 2.45) is 0 Å². The van der Waals surface area contributed by atoms with Gasteiger partial charge in [-0.05, 0) is 41.4 Å². The molecule has 20 heavy (non-hydrogen) atoms.